The molecule has 3 heterocycles. The zero-order chi connectivity index (χ0) is 17.7. The van der Waals surface area contributed by atoms with Crippen LogP contribution in [0.25, 0.3) is 33.3 Å². The fraction of sp³-hybridized carbons (Fsp3) is 0.238. The molecule has 0 spiro atoms. The van der Waals surface area contributed by atoms with Gasteiger partial charge in [-0.1, -0.05) is 30.3 Å². The minimum atomic E-state index is 0.213. The number of nitrogens with zero attached hydrogens (tertiary/aromatic N) is 3. The van der Waals surface area contributed by atoms with Gasteiger partial charge in [0.15, 0.2) is 0 Å². The van der Waals surface area contributed by atoms with Gasteiger partial charge in [0.25, 0.3) is 0 Å². The Kier molecular flexibility index (Phi) is 3.35. The highest BCUT2D eigenvalue weighted by atomic mass is 16.3. The summed E-state index contributed by atoms with van der Waals surface area (Å²) in [6.45, 7) is 0.744. The van der Waals surface area contributed by atoms with Crippen LogP contribution in [0.4, 0.5) is 0 Å². The van der Waals surface area contributed by atoms with Crippen molar-refractivity contribution in [3.63, 3.8) is 0 Å². The van der Waals surface area contributed by atoms with Gasteiger partial charge in [0.2, 0.25) is 5.91 Å². The van der Waals surface area contributed by atoms with Crippen molar-refractivity contribution in [1.82, 2.24) is 14.5 Å². The van der Waals surface area contributed by atoms with E-state index < -0.39 is 0 Å². The second-order valence-corrected chi connectivity index (χ2v) is 6.88. The van der Waals surface area contributed by atoms with Gasteiger partial charge in [-0.05, 0) is 18.6 Å². The molecule has 1 fully saturated rings. The molecule has 1 aliphatic rings. The minimum Gasteiger partial charge on any atom is -0.455 e. The van der Waals surface area contributed by atoms with Crippen LogP contribution >= 0.6 is 0 Å². The van der Waals surface area contributed by atoms with Gasteiger partial charge in [-0.15, -0.1) is 0 Å². The standard InChI is InChI=1S/C21H19N3O2/c1-23-14(9-10-19(23)25)13-24-12-11-22-21(24)17-7-4-6-16-15-5-2-3-8-18(15)26-20(16)17/h2-8,11-12,14H,9-10,13H2,1H3/t14-/m0/s1. The summed E-state index contributed by atoms with van der Waals surface area (Å²) < 4.78 is 8.28. The largest absolute Gasteiger partial charge is 0.455 e. The Morgan fingerprint density at radius 3 is 2.85 bits per heavy atom. The number of carbonyl (C=O) groups is 1. The molecule has 26 heavy (non-hydrogen) atoms. The molecular formula is C21H19N3O2. The third kappa shape index (κ3) is 2.24. The Hall–Kier alpha value is -3.08. The molecule has 1 amide bonds. The molecule has 0 saturated carbocycles. The van der Waals surface area contributed by atoms with Crippen molar-refractivity contribution < 1.29 is 9.21 Å². The highest BCUT2D eigenvalue weighted by molar-refractivity contribution is 6.09. The van der Waals surface area contributed by atoms with E-state index in [4.69, 9.17) is 4.42 Å². The van der Waals surface area contributed by atoms with Gasteiger partial charge in [0, 0.05) is 49.2 Å². The topological polar surface area (TPSA) is 51.3 Å². The molecule has 0 unspecified atom stereocenters. The van der Waals surface area contributed by atoms with Crippen molar-refractivity contribution in [2.75, 3.05) is 7.05 Å². The Balaban J connectivity index is 1.61. The lowest BCUT2D eigenvalue weighted by Crippen LogP contribution is -2.32. The number of aromatic nitrogens is 2. The number of likely N-dealkylation sites (N-methyl/N-ethyl adjacent to an activating group) is 1. The lowest BCUT2D eigenvalue weighted by Gasteiger charge is -2.21. The summed E-state index contributed by atoms with van der Waals surface area (Å²) in [4.78, 5) is 18.3. The Morgan fingerprint density at radius 1 is 1.15 bits per heavy atom. The SMILES string of the molecule is CN1C(=O)CC[C@H]1Cn1ccnc1-c1cccc2c1oc1ccccc12. The monoisotopic (exact) mass is 345 g/mol. The Bertz CT molecular complexity index is 1120. The van der Waals surface area contributed by atoms with Crippen molar-refractivity contribution in [3.05, 3.63) is 54.9 Å². The highest BCUT2D eigenvalue weighted by Crippen LogP contribution is 2.35. The summed E-state index contributed by atoms with van der Waals surface area (Å²) in [7, 11) is 1.89. The zero-order valence-corrected chi connectivity index (χ0v) is 14.6. The first-order chi connectivity index (χ1) is 12.7. The van der Waals surface area contributed by atoms with Crippen LogP contribution in [0.15, 0.2) is 59.3 Å². The number of carbonyl (C=O) groups excluding carboxylic acids is 1. The number of benzene rings is 2. The maximum absolute atomic E-state index is 11.8. The van der Waals surface area contributed by atoms with Gasteiger partial charge in [-0.25, -0.2) is 4.98 Å². The molecule has 5 nitrogen and oxygen atoms in total. The number of para-hydroxylation sites is 2. The molecule has 5 heteroatoms. The van der Waals surface area contributed by atoms with Crippen molar-refractivity contribution in [2.24, 2.45) is 0 Å². The maximum Gasteiger partial charge on any atom is 0.222 e. The van der Waals surface area contributed by atoms with Gasteiger partial charge < -0.3 is 13.9 Å². The van der Waals surface area contributed by atoms with Crippen molar-refractivity contribution in [3.8, 4) is 11.4 Å². The van der Waals surface area contributed by atoms with Crippen molar-refractivity contribution >= 4 is 27.8 Å². The minimum absolute atomic E-state index is 0.213. The first-order valence-corrected chi connectivity index (χ1v) is 8.90. The van der Waals surface area contributed by atoms with Gasteiger partial charge in [-0.3, -0.25) is 4.79 Å². The number of amides is 1. The quantitative estimate of drug-likeness (QED) is 0.562. The second-order valence-electron chi connectivity index (χ2n) is 6.88. The molecule has 0 N–H and O–H groups in total. The highest BCUT2D eigenvalue weighted by Gasteiger charge is 2.28. The fourth-order valence-electron chi connectivity index (χ4n) is 3.93. The summed E-state index contributed by atoms with van der Waals surface area (Å²) in [5.41, 5.74) is 2.72. The number of likely N-dealkylation sites (tertiary alicyclic amines) is 1. The van der Waals surface area contributed by atoms with Crippen LogP contribution < -0.4 is 0 Å². The summed E-state index contributed by atoms with van der Waals surface area (Å²) in [5.74, 6) is 1.10. The van der Waals surface area contributed by atoms with E-state index in [0.29, 0.717) is 6.42 Å². The molecule has 5 rings (SSSR count). The number of imidazole rings is 1. The molecular weight excluding hydrogens is 326 g/mol. The van der Waals surface area contributed by atoms with Crippen LogP contribution in [0.2, 0.25) is 0 Å². The average Bonchev–Trinajstić information content (AvgIpc) is 3.35. The third-order valence-corrected chi connectivity index (χ3v) is 5.40. The summed E-state index contributed by atoms with van der Waals surface area (Å²) in [6, 6.07) is 14.5. The predicted octanol–water partition coefficient (Wildman–Crippen LogP) is 4.07. The van der Waals surface area contributed by atoms with Crippen LogP contribution in [0.5, 0.6) is 0 Å². The van der Waals surface area contributed by atoms with Gasteiger partial charge >= 0.3 is 0 Å². The normalized spacial score (nSPS) is 17.7. The van der Waals surface area contributed by atoms with E-state index in [0.717, 1.165) is 46.3 Å². The molecule has 0 radical (unpaired) electrons. The van der Waals surface area contributed by atoms with Gasteiger partial charge in [-0.2, -0.15) is 0 Å². The van der Waals surface area contributed by atoms with E-state index >= 15 is 0 Å². The van der Waals surface area contributed by atoms with E-state index in [1.54, 1.807) is 0 Å². The fourth-order valence-corrected chi connectivity index (χ4v) is 3.93. The first-order valence-electron chi connectivity index (χ1n) is 8.90. The molecule has 1 atom stereocenters. The van der Waals surface area contributed by atoms with Crippen LogP contribution in [0, 0.1) is 0 Å². The zero-order valence-electron chi connectivity index (χ0n) is 14.6. The lowest BCUT2D eigenvalue weighted by molar-refractivity contribution is -0.127. The van der Waals surface area contributed by atoms with Crippen LogP contribution in [-0.2, 0) is 11.3 Å². The van der Waals surface area contributed by atoms with Crippen molar-refractivity contribution in [1.29, 1.82) is 0 Å². The number of rotatable bonds is 3. The molecule has 4 aromatic rings. The number of fused-ring (bicyclic) bond motifs is 3. The lowest BCUT2D eigenvalue weighted by atomic mass is 10.1. The van der Waals surface area contributed by atoms with E-state index in [1.165, 1.54) is 0 Å². The third-order valence-electron chi connectivity index (χ3n) is 5.40. The second kappa shape index (κ2) is 5.73. The molecule has 0 aliphatic carbocycles. The van der Waals surface area contributed by atoms with E-state index in [1.807, 2.05) is 54.7 Å². The molecule has 1 aliphatic heterocycles. The van der Waals surface area contributed by atoms with Gasteiger partial charge in [0.05, 0.1) is 5.56 Å². The van der Waals surface area contributed by atoms with Gasteiger partial charge in [0.1, 0.15) is 17.0 Å². The Labute approximate surface area is 150 Å². The molecule has 130 valence electrons. The van der Waals surface area contributed by atoms with Crippen LogP contribution in [-0.4, -0.2) is 33.4 Å². The predicted molar refractivity (Wildman–Crippen MR) is 101 cm³/mol. The number of hydrogen-bond donors (Lipinski definition) is 0. The maximum atomic E-state index is 11.8. The van der Waals surface area contributed by atoms with Crippen LogP contribution in [0.3, 0.4) is 0 Å². The number of furan rings is 1. The molecule has 0 bridgehead atoms. The molecule has 1 saturated heterocycles. The van der Waals surface area contributed by atoms with E-state index in [2.05, 4.69) is 21.7 Å². The number of hydrogen-bond acceptors (Lipinski definition) is 3. The molecule has 2 aromatic heterocycles. The van der Waals surface area contributed by atoms with E-state index in [9.17, 15) is 4.79 Å². The van der Waals surface area contributed by atoms with Crippen molar-refractivity contribution in [2.45, 2.75) is 25.4 Å². The smallest absolute Gasteiger partial charge is 0.222 e. The first kappa shape index (κ1) is 15.2. The van der Waals surface area contributed by atoms with Crippen LogP contribution in [0.1, 0.15) is 12.8 Å². The summed E-state index contributed by atoms with van der Waals surface area (Å²) in [6.07, 6.45) is 5.31. The summed E-state index contributed by atoms with van der Waals surface area (Å²) in [5, 5.41) is 2.21. The molecule has 2 aromatic carbocycles. The average molecular weight is 345 g/mol. The van der Waals surface area contributed by atoms with E-state index in [-0.39, 0.29) is 11.9 Å². The Morgan fingerprint density at radius 2 is 2.00 bits per heavy atom. The summed E-state index contributed by atoms with van der Waals surface area (Å²) >= 11 is 0.